The van der Waals surface area contributed by atoms with Crippen LogP contribution in [0.3, 0.4) is 0 Å². The highest BCUT2D eigenvalue weighted by atomic mass is 79.9. The van der Waals surface area contributed by atoms with Crippen LogP contribution in [-0.2, 0) is 6.54 Å². The minimum Gasteiger partial charge on any atom is -0.355 e. The van der Waals surface area contributed by atoms with Gasteiger partial charge in [0.15, 0.2) is 5.78 Å². The van der Waals surface area contributed by atoms with E-state index >= 15 is 0 Å². The maximum atomic E-state index is 13.1. The van der Waals surface area contributed by atoms with E-state index in [1.165, 1.54) is 0 Å². The number of carbonyl (C=O) groups is 3. The van der Waals surface area contributed by atoms with E-state index in [0.717, 1.165) is 10.0 Å². The molecule has 1 N–H and O–H groups in total. The third-order valence-corrected chi connectivity index (χ3v) is 5.25. The summed E-state index contributed by atoms with van der Waals surface area (Å²) in [6, 6.07) is 21.0. The van der Waals surface area contributed by atoms with Crippen molar-refractivity contribution in [1.82, 2.24) is 10.2 Å². The van der Waals surface area contributed by atoms with E-state index in [-0.39, 0.29) is 17.6 Å². The van der Waals surface area contributed by atoms with Gasteiger partial charge in [0.2, 0.25) is 0 Å². The van der Waals surface area contributed by atoms with Crippen molar-refractivity contribution in [2.24, 2.45) is 0 Å². The predicted octanol–water partition coefficient (Wildman–Crippen LogP) is 4.31. The molecule has 152 valence electrons. The van der Waals surface area contributed by atoms with Gasteiger partial charge in [-0.25, -0.2) is 0 Å². The van der Waals surface area contributed by atoms with E-state index < -0.39 is 0 Å². The molecule has 0 aliphatic carbocycles. The number of nitrogens with one attached hydrogen (secondary N) is 1. The summed E-state index contributed by atoms with van der Waals surface area (Å²) in [4.78, 5) is 39.3. The fraction of sp³-hybridized carbons (Fsp3) is 0.125. The Bertz CT molecular complexity index is 1080. The molecule has 2 amide bonds. The summed E-state index contributed by atoms with van der Waals surface area (Å²) < 4.78 is 0.880. The van der Waals surface area contributed by atoms with E-state index in [2.05, 4.69) is 21.2 Å². The van der Waals surface area contributed by atoms with Crippen molar-refractivity contribution in [2.45, 2.75) is 6.54 Å². The fourth-order valence-corrected chi connectivity index (χ4v) is 3.35. The number of hydrogen-bond donors (Lipinski definition) is 1. The van der Waals surface area contributed by atoms with Gasteiger partial charge in [0, 0.05) is 41.8 Å². The Morgan fingerprint density at radius 3 is 2.00 bits per heavy atom. The van der Waals surface area contributed by atoms with Crippen LogP contribution < -0.4 is 5.32 Å². The first-order valence-electron chi connectivity index (χ1n) is 9.36. The summed E-state index contributed by atoms with van der Waals surface area (Å²) >= 11 is 3.36. The van der Waals surface area contributed by atoms with E-state index in [4.69, 9.17) is 0 Å². The molecular formula is C24H21BrN2O3. The maximum absolute atomic E-state index is 13.1. The molecular weight excluding hydrogens is 444 g/mol. The summed E-state index contributed by atoms with van der Waals surface area (Å²) in [5.74, 6) is -0.604. The van der Waals surface area contributed by atoms with Crippen molar-refractivity contribution >= 4 is 33.5 Å². The zero-order valence-corrected chi connectivity index (χ0v) is 18.3. The zero-order chi connectivity index (χ0) is 21.7. The summed E-state index contributed by atoms with van der Waals surface area (Å²) in [6.45, 7) is 0.355. The fourth-order valence-electron chi connectivity index (χ4n) is 3.08. The molecule has 0 unspecified atom stereocenters. The molecule has 3 aromatic rings. The van der Waals surface area contributed by atoms with Crippen LogP contribution in [0.4, 0.5) is 0 Å². The Morgan fingerprint density at radius 1 is 0.833 bits per heavy atom. The standard InChI is InChI=1S/C24H21BrN2O3/c1-26-23(29)18-9-7-16(8-10-18)15-27(2)24(30)21-6-4-3-5-20(21)22(28)17-11-13-19(25)14-12-17/h3-14H,15H2,1-2H3,(H,26,29). The molecule has 0 aromatic heterocycles. The second-order valence-electron chi connectivity index (χ2n) is 6.82. The van der Waals surface area contributed by atoms with Gasteiger partial charge in [-0.3, -0.25) is 14.4 Å². The van der Waals surface area contributed by atoms with Gasteiger partial charge in [0.1, 0.15) is 0 Å². The second-order valence-corrected chi connectivity index (χ2v) is 7.73. The molecule has 0 heterocycles. The Labute approximate surface area is 183 Å². The lowest BCUT2D eigenvalue weighted by atomic mass is 9.97. The largest absolute Gasteiger partial charge is 0.355 e. The van der Waals surface area contributed by atoms with Crippen molar-refractivity contribution in [3.8, 4) is 0 Å². The average Bonchev–Trinajstić information content (AvgIpc) is 2.78. The number of amides is 2. The van der Waals surface area contributed by atoms with Crippen LogP contribution >= 0.6 is 15.9 Å². The SMILES string of the molecule is CNC(=O)c1ccc(CN(C)C(=O)c2ccccc2C(=O)c2ccc(Br)cc2)cc1. The Hall–Kier alpha value is -3.25. The molecule has 0 radical (unpaired) electrons. The molecule has 0 aliphatic rings. The molecule has 3 rings (SSSR count). The highest BCUT2D eigenvalue weighted by molar-refractivity contribution is 9.10. The summed E-state index contributed by atoms with van der Waals surface area (Å²) in [7, 11) is 3.27. The van der Waals surface area contributed by atoms with Crippen LogP contribution in [0.5, 0.6) is 0 Å². The van der Waals surface area contributed by atoms with Crippen LogP contribution in [0.25, 0.3) is 0 Å². The van der Waals surface area contributed by atoms with E-state index in [1.54, 1.807) is 79.7 Å². The molecule has 0 atom stereocenters. The average molecular weight is 465 g/mol. The summed E-state index contributed by atoms with van der Waals surface area (Å²) in [5, 5.41) is 2.58. The minimum absolute atomic E-state index is 0.161. The van der Waals surface area contributed by atoms with Gasteiger partial charge in [-0.1, -0.05) is 46.3 Å². The lowest BCUT2D eigenvalue weighted by Gasteiger charge is -2.19. The molecule has 5 nitrogen and oxygen atoms in total. The van der Waals surface area contributed by atoms with Gasteiger partial charge in [-0.05, 0) is 48.0 Å². The summed E-state index contributed by atoms with van der Waals surface area (Å²) in [6.07, 6.45) is 0. The summed E-state index contributed by atoms with van der Waals surface area (Å²) in [5.41, 5.74) is 2.68. The monoisotopic (exact) mass is 464 g/mol. The molecule has 0 aliphatic heterocycles. The van der Waals surface area contributed by atoms with E-state index in [1.807, 2.05) is 12.1 Å². The third-order valence-electron chi connectivity index (χ3n) is 4.72. The zero-order valence-electron chi connectivity index (χ0n) is 16.7. The first kappa shape index (κ1) is 21.5. The van der Waals surface area contributed by atoms with Gasteiger partial charge in [-0.15, -0.1) is 0 Å². The first-order valence-corrected chi connectivity index (χ1v) is 10.2. The van der Waals surface area contributed by atoms with Crippen LogP contribution in [0.1, 0.15) is 42.2 Å². The highest BCUT2D eigenvalue weighted by Gasteiger charge is 2.20. The second kappa shape index (κ2) is 9.50. The van der Waals surface area contributed by atoms with Crippen LogP contribution in [0.15, 0.2) is 77.3 Å². The Balaban J connectivity index is 1.80. The number of halogens is 1. The van der Waals surface area contributed by atoms with Gasteiger partial charge in [-0.2, -0.15) is 0 Å². The van der Waals surface area contributed by atoms with Crippen LogP contribution in [0, 0.1) is 0 Å². The molecule has 3 aromatic carbocycles. The van der Waals surface area contributed by atoms with Crippen LogP contribution in [-0.4, -0.2) is 36.6 Å². The molecule has 0 saturated heterocycles. The van der Waals surface area contributed by atoms with Crippen molar-refractivity contribution in [3.63, 3.8) is 0 Å². The third kappa shape index (κ3) is 4.83. The number of carbonyl (C=O) groups excluding carboxylic acids is 3. The smallest absolute Gasteiger partial charge is 0.254 e. The van der Waals surface area contributed by atoms with Gasteiger partial charge < -0.3 is 10.2 Å². The number of hydrogen-bond acceptors (Lipinski definition) is 3. The van der Waals surface area contributed by atoms with Gasteiger partial charge >= 0.3 is 0 Å². The number of rotatable bonds is 6. The molecule has 6 heteroatoms. The topological polar surface area (TPSA) is 66.5 Å². The van der Waals surface area contributed by atoms with E-state index in [0.29, 0.717) is 28.8 Å². The maximum Gasteiger partial charge on any atom is 0.254 e. The molecule has 0 bridgehead atoms. The quantitative estimate of drug-likeness (QED) is 0.552. The van der Waals surface area contributed by atoms with Crippen molar-refractivity contribution < 1.29 is 14.4 Å². The van der Waals surface area contributed by atoms with Crippen LogP contribution in [0.2, 0.25) is 0 Å². The predicted molar refractivity (Wildman–Crippen MR) is 120 cm³/mol. The van der Waals surface area contributed by atoms with Gasteiger partial charge in [0.25, 0.3) is 11.8 Å². The Kier molecular flexibility index (Phi) is 6.79. The van der Waals surface area contributed by atoms with E-state index in [9.17, 15) is 14.4 Å². The Morgan fingerprint density at radius 2 is 1.40 bits per heavy atom. The van der Waals surface area contributed by atoms with Crippen molar-refractivity contribution in [1.29, 1.82) is 0 Å². The minimum atomic E-state index is -0.244. The number of ketones is 1. The molecule has 30 heavy (non-hydrogen) atoms. The number of nitrogens with zero attached hydrogens (tertiary/aromatic N) is 1. The molecule has 0 saturated carbocycles. The highest BCUT2D eigenvalue weighted by Crippen LogP contribution is 2.19. The molecule has 0 spiro atoms. The normalized spacial score (nSPS) is 10.4. The number of benzene rings is 3. The first-order chi connectivity index (χ1) is 14.4. The van der Waals surface area contributed by atoms with Gasteiger partial charge in [0.05, 0.1) is 5.56 Å². The lowest BCUT2D eigenvalue weighted by Crippen LogP contribution is -2.28. The molecule has 0 fully saturated rings. The van der Waals surface area contributed by atoms with Crippen molar-refractivity contribution in [3.05, 3.63) is 105 Å². The van der Waals surface area contributed by atoms with Crippen molar-refractivity contribution in [2.75, 3.05) is 14.1 Å². The lowest BCUT2D eigenvalue weighted by molar-refractivity contribution is 0.0780.